The predicted octanol–water partition coefficient (Wildman–Crippen LogP) is 0.181. The number of carbonyl (C=O) groups is 3. The molecule has 0 aromatic carbocycles. The summed E-state index contributed by atoms with van der Waals surface area (Å²) in [5.74, 6) is -0.848. The monoisotopic (exact) mass is 295 g/mol. The van der Waals surface area contributed by atoms with Gasteiger partial charge in [0.2, 0.25) is 11.8 Å². The van der Waals surface area contributed by atoms with Crippen LogP contribution in [-0.2, 0) is 9.59 Å². The van der Waals surface area contributed by atoms with Crippen molar-refractivity contribution in [1.29, 1.82) is 0 Å². The average Bonchev–Trinajstić information content (AvgIpc) is 3.12. The third kappa shape index (κ3) is 4.65. The first kappa shape index (κ1) is 14.5. The minimum Gasteiger partial charge on any atom is -0.352 e. The fourth-order valence-corrected chi connectivity index (χ4v) is 2.34. The lowest BCUT2D eigenvalue weighted by atomic mass is 10.4. The van der Waals surface area contributed by atoms with Crippen molar-refractivity contribution >= 4 is 29.1 Å². The van der Waals surface area contributed by atoms with E-state index in [2.05, 4.69) is 16.0 Å². The van der Waals surface area contributed by atoms with Crippen LogP contribution in [0.3, 0.4) is 0 Å². The van der Waals surface area contributed by atoms with E-state index in [0.29, 0.717) is 4.88 Å². The molecule has 2 rings (SSSR count). The van der Waals surface area contributed by atoms with Crippen molar-refractivity contribution in [1.82, 2.24) is 16.0 Å². The van der Waals surface area contributed by atoms with E-state index in [1.165, 1.54) is 11.3 Å². The Labute approximate surface area is 120 Å². The molecule has 1 aromatic heterocycles. The fraction of sp³-hybridized carbons (Fsp3) is 0.462. The standard InChI is InChI=1S/C13H17N3O3S/c1-8-2-5-10(20-8)13(19)15-6-11(17)14-7-12(18)16-9-3-4-9/h2,5,9H,3-4,6-7H2,1H3,(H,14,17)(H,15,19)(H,16,18). The molecule has 1 aromatic rings. The normalized spacial score (nSPS) is 13.7. The molecular weight excluding hydrogens is 278 g/mol. The summed E-state index contributed by atoms with van der Waals surface area (Å²) in [7, 11) is 0. The smallest absolute Gasteiger partial charge is 0.261 e. The highest BCUT2D eigenvalue weighted by Gasteiger charge is 2.23. The Morgan fingerprint density at radius 1 is 1.15 bits per heavy atom. The van der Waals surface area contributed by atoms with Crippen LogP contribution in [0.2, 0.25) is 0 Å². The van der Waals surface area contributed by atoms with Crippen molar-refractivity contribution in [2.75, 3.05) is 13.1 Å². The van der Waals surface area contributed by atoms with E-state index in [4.69, 9.17) is 0 Å². The van der Waals surface area contributed by atoms with E-state index < -0.39 is 0 Å². The molecular formula is C13H17N3O3S. The van der Waals surface area contributed by atoms with Gasteiger partial charge in [-0.1, -0.05) is 0 Å². The first-order chi connectivity index (χ1) is 9.54. The Morgan fingerprint density at radius 2 is 1.85 bits per heavy atom. The van der Waals surface area contributed by atoms with E-state index in [0.717, 1.165) is 17.7 Å². The van der Waals surface area contributed by atoms with Gasteiger partial charge in [0.05, 0.1) is 18.0 Å². The maximum atomic E-state index is 11.7. The summed E-state index contributed by atoms with van der Waals surface area (Å²) >= 11 is 1.37. The fourth-order valence-electron chi connectivity index (χ4n) is 1.55. The Bertz CT molecular complexity index is 523. The molecule has 0 bridgehead atoms. The number of aryl methyl sites for hydroxylation is 1. The molecule has 1 heterocycles. The molecule has 1 fully saturated rings. The minimum absolute atomic E-state index is 0.0523. The van der Waals surface area contributed by atoms with Crippen molar-refractivity contribution in [3.05, 3.63) is 21.9 Å². The summed E-state index contributed by atoms with van der Waals surface area (Å²) in [5.41, 5.74) is 0. The zero-order chi connectivity index (χ0) is 14.5. The number of amides is 3. The minimum atomic E-state index is -0.377. The van der Waals surface area contributed by atoms with Gasteiger partial charge in [-0.3, -0.25) is 14.4 Å². The molecule has 1 saturated carbocycles. The molecule has 0 atom stereocenters. The van der Waals surface area contributed by atoms with E-state index >= 15 is 0 Å². The van der Waals surface area contributed by atoms with Crippen LogP contribution in [0.1, 0.15) is 27.4 Å². The van der Waals surface area contributed by atoms with Gasteiger partial charge < -0.3 is 16.0 Å². The summed E-state index contributed by atoms with van der Waals surface area (Å²) in [6.45, 7) is 1.72. The van der Waals surface area contributed by atoms with Crippen LogP contribution in [0.25, 0.3) is 0 Å². The van der Waals surface area contributed by atoms with Gasteiger partial charge in [0.15, 0.2) is 0 Å². The van der Waals surface area contributed by atoms with Crippen LogP contribution in [0.5, 0.6) is 0 Å². The Hall–Kier alpha value is -1.89. The third-order valence-corrected chi connectivity index (χ3v) is 3.76. The highest BCUT2D eigenvalue weighted by atomic mass is 32.1. The molecule has 0 radical (unpaired) electrons. The molecule has 0 spiro atoms. The highest BCUT2D eigenvalue weighted by molar-refractivity contribution is 7.13. The summed E-state index contributed by atoms with van der Waals surface area (Å²) in [6.07, 6.45) is 2.02. The quantitative estimate of drug-likeness (QED) is 0.699. The van der Waals surface area contributed by atoms with Crippen molar-refractivity contribution in [3.63, 3.8) is 0 Å². The van der Waals surface area contributed by atoms with Gasteiger partial charge in [0, 0.05) is 10.9 Å². The SMILES string of the molecule is Cc1ccc(C(=O)NCC(=O)NCC(=O)NC2CC2)s1. The second kappa shape index (κ2) is 6.51. The zero-order valence-corrected chi connectivity index (χ0v) is 12.0. The summed E-state index contributed by atoms with van der Waals surface area (Å²) < 4.78 is 0. The molecule has 108 valence electrons. The Kier molecular flexibility index (Phi) is 4.73. The molecule has 0 aliphatic heterocycles. The predicted molar refractivity (Wildman–Crippen MR) is 75.6 cm³/mol. The van der Waals surface area contributed by atoms with Crippen molar-refractivity contribution in [3.8, 4) is 0 Å². The van der Waals surface area contributed by atoms with Crippen LogP contribution in [-0.4, -0.2) is 36.9 Å². The van der Waals surface area contributed by atoms with Crippen molar-refractivity contribution < 1.29 is 14.4 Å². The number of carbonyl (C=O) groups excluding carboxylic acids is 3. The molecule has 1 aliphatic carbocycles. The second-order valence-electron chi connectivity index (χ2n) is 4.71. The molecule has 0 unspecified atom stereocenters. The van der Waals surface area contributed by atoms with Gasteiger partial charge in [-0.2, -0.15) is 0 Å². The van der Waals surface area contributed by atoms with E-state index in [9.17, 15) is 14.4 Å². The lowest BCUT2D eigenvalue weighted by Gasteiger charge is -2.06. The first-order valence-electron chi connectivity index (χ1n) is 6.45. The summed E-state index contributed by atoms with van der Waals surface area (Å²) in [6, 6.07) is 3.85. The molecule has 3 N–H and O–H groups in total. The van der Waals surface area contributed by atoms with Gasteiger partial charge >= 0.3 is 0 Å². The molecule has 6 nitrogen and oxygen atoms in total. The van der Waals surface area contributed by atoms with Gasteiger partial charge in [0.25, 0.3) is 5.91 Å². The topological polar surface area (TPSA) is 87.3 Å². The second-order valence-corrected chi connectivity index (χ2v) is 6.00. The Morgan fingerprint density at radius 3 is 2.45 bits per heavy atom. The van der Waals surface area contributed by atoms with Gasteiger partial charge in [-0.15, -0.1) is 11.3 Å². The number of hydrogen-bond donors (Lipinski definition) is 3. The van der Waals surface area contributed by atoms with Crippen LogP contribution in [0.15, 0.2) is 12.1 Å². The maximum Gasteiger partial charge on any atom is 0.261 e. The van der Waals surface area contributed by atoms with Crippen LogP contribution in [0, 0.1) is 6.92 Å². The largest absolute Gasteiger partial charge is 0.352 e. The summed E-state index contributed by atoms with van der Waals surface area (Å²) in [4.78, 5) is 36.1. The molecule has 1 aliphatic rings. The van der Waals surface area contributed by atoms with Gasteiger partial charge in [-0.05, 0) is 31.9 Å². The van der Waals surface area contributed by atoms with Gasteiger partial charge in [-0.25, -0.2) is 0 Å². The molecule has 3 amide bonds. The highest BCUT2D eigenvalue weighted by Crippen LogP contribution is 2.18. The van der Waals surface area contributed by atoms with E-state index in [1.807, 2.05) is 13.0 Å². The van der Waals surface area contributed by atoms with Crippen LogP contribution >= 0.6 is 11.3 Å². The molecule has 0 saturated heterocycles. The lowest BCUT2D eigenvalue weighted by molar-refractivity contribution is -0.125. The lowest BCUT2D eigenvalue weighted by Crippen LogP contribution is -2.42. The first-order valence-corrected chi connectivity index (χ1v) is 7.27. The zero-order valence-electron chi connectivity index (χ0n) is 11.2. The van der Waals surface area contributed by atoms with E-state index in [1.54, 1.807) is 6.07 Å². The van der Waals surface area contributed by atoms with E-state index in [-0.39, 0.29) is 36.9 Å². The van der Waals surface area contributed by atoms with Crippen LogP contribution < -0.4 is 16.0 Å². The van der Waals surface area contributed by atoms with Crippen molar-refractivity contribution in [2.45, 2.75) is 25.8 Å². The number of thiophene rings is 1. The Balaban J connectivity index is 1.64. The van der Waals surface area contributed by atoms with Gasteiger partial charge in [0.1, 0.15) is 0 Å². The third-order valence-electron chi connectivity index (χ3n) is 2.76. The molecule has 20 heavy (non-hydrogen) atoms. The number of nitrogens with one attached hydrogen (secondary N) is 3. The van der Waals surface area contributed by atoms with Crippen molar-refractivity contribution in [2.24, 2.45) is 0 Å². The number of rotatable bonds is 6. The number of hydrogen-bond acceptors (Lipinski definition) is 4. The summed E-state index contributed by atoms with van der Waals surface area (Å²) in [5, 5.41) is 7.75. The average molecular weight is 295 g/mol. The molecule has 7 heteroatoms. The van der Waals surface area contributed by atoms with Crippen LogP contribution in [0.4, 0.5) is 0 Å². The maximum absolute atomic E-state index is 11.7.